The Morgan fingerprint density at radius 2 is 1.89 bits per heavy atom. The monoisotopic (exact) mass is 498 g/mol. The highest BCUT2D eigenvalue weighted by Crippen LogP contribution is 2.32. The second kappa shape index (κ2) is 10.6. The first-order valence-electron chi connectivity index (χ1n) is 13.0. The van der Waals surface area contributed by atoms with Crippen LogP contribution < -0.4 is 10.1 Å². The lowest BCUT2D eigenvalue weighted by Gasteiger charge is -2.43. The predicted molar refractivity (Wildman–Crippen MR) is 143 cm³/mol. The van der Waals surface area contributed by atoms with Gasteiger partial charge < -0.3 is 15.0 Å². The topological polar surface area (TPSA) is 76.5 Å². The number of amides is 2. The van der Waals surface area contributed by atoms with Gasteiger partial charge in [0.15, 0.2) is 0 Å². The van der Waals surface area contributed by atoms with Gasteiger partial charge in [0, 0.05) is 24.2 Å². The third-order valence-electron chi connectivity index (χ3n) is 7.53. The maximum Gasteiger partial charge on any atom is 0.273 e. The fraction of sp³-hybridized carbons (Fsp3) is 0.367. The summed E-state index contributed by atoms with van der Waals surface area (Å²) in [6, 6.07) is 19.3. The van der Waals surface area contributed by atoms with Crippen LogP contribution in [0.5, 0.6) is 5.75 Å². The number of hydrogen-bond acceptors (Lipinski definition) is 4. The van der Waals surface area contributed by atoms with Crippen LogP contribution in [0.15, 0.2) is 72.3 Å². The lowest BCUT2D eigenvalue weighted by atomic mass is 9.92. The van der Waals surface area contributed by atoms with Crippen molar-refractivity contribution in [1.29, 1.82) is 0 Å². The molecule has 1 aliphatic carbocycles. The molecule has 1 atom stereocenters. The van der Waals surface area contributed by atoms with E-state index in [1.807, 2.05) is 67.6 Å². The second-order valence-electron chi connectivity index (χ2n) is 10.0. The summed E-state index contributed by atoms with van der Waals surface area (Å²) < 4.78 is 7.15. The first kappa shape index (κ1) is 24.8. The highest BCUT2D eigenvalue weighted by Gasteiger charge is 2.47. The van der Waals surface area contributed by atoms with Crippen LogP contribution in [-0.2, 0) is 17.9 Å². The summed E-state index contributed by atoms with van der Waals surface area (Å²) in [4.78, 5) is 29.4. The molecule has 7 nitrogen and oxygen atoms in total. The van der Waals surface area contributed by atoms with Crippen molar-refractivity contribution in [1.82, 2.24) is 20.0 Å². The summed E-state index contributed by atoms with van der Waals surface area (Å²) in [6.45, 7) is 2.95. The van der Waals surface area contributed by atoms with Gasteiger partial charge in [0.1, 0.15) is 17.0 Å². The first-order valence-corrected chi connectivity index (χ1v) is 13.0. The summed E-state index contributed by atoms with van der Waals surface area (Å²) in [7, 11) is 1.62. The number of ether oxygens (including phenoxy) is 1. The summed E-state index contributed by atoms with van der Waals surface area (Å²) >= 11 is 0. The quantitative estimate of drug-likeness (QED) is 0.445. The zero-order valence-corrected chi connectivity index (χ0v) is 21.6. The number of nitrogens with zero attached hydrogens (tertiary/aromatic N) is 3. The fourth-order valence-electron chi connectivity index (χ4n) is 5.34. The zero-order chi connectivity index (χ0) is 25.8. The molecule has 37 heavy (non-hydrogen) atoms. The van der Waals surface area contributed by atoms with Gasteiger partial charge in [-0.2, -0.15) is 5.10 Å². The molecule has 2 amide bonds. The molecular formula is C30H34N4O3. The lowest BCUT2D eigenvalue weighted by Crippen LogP contribution is -2.64. The SMILES string of the molecule is COc1ccccc1CNC(=O)[C@@]1(C)Cn2nc(-c3ccccc3)cc2C(=O)N1CCC1=CCCCC1. The van der Waals surface area contributed by atoms with E-state index >= 15 is 0 Å². The number of rotatable bonds is 8. The minimum Gasteiger partial charge on any atom is -0.496 e. The van der Waals surface area contributed by atoms with Crippen LogP contribution in [0, 0.1) is 0 Å². The maximum absolute atomic E-state index is 13.9. The highest BCUT2D eigenvalue weighted by molar-refractivity contribution is 6.00. The summed E-state index contributed by atoms with van der Waals surface area (Å²) in [6.07, 6.45) is 7.64. The molecule has 0 spiro atoms. The summed E-state index contributed by atoms with van der Waals surface area (Å²) in [5.74, 6) is 0.356. The second-order valence-corrected chi connectivity index (χ2v) is 10.0. The van der Waals surface area contributed by atoms with E-state index in [4.69, 9.17) is 9.84 Å². The minimum absolute atomic E-state index is 0.160. The van der Waals surface area contributed by atoms with Gasteiger partial charge in [0.25, 0.3) is 5.91 Å². The van der Waals surface area contributed by atoms with Crippen molar-refractivity contribution < 1.29 is 14.3 Å². The Morgan fingerprint density at radius 1 is 1.11 bits per heavy atom. The molecular weight excluding hydrogens is 464 g/mol. The van der Waals surface area contributed by atoms with Crippen molar-refractivity contribution in [2.24, 2.45) is 0 Å². The van der Waals surface area contributed by atoms with Crippen LogP contribution >= 0.6 is 0 Å². The van der Waals surface area contributed by atoms with Crippen LogP contribution in [0.3, 0.4) is 0 Å². The summed E-state index contributed by atoms with van der Waals surface area (Å²) in [5.41, 5.74) is 3.37. The molecule has 2 aliphatic rings. The van der Waals surface area contributed by atoms with Crippen LogP contribution in [0.4, 0.5) is 0 Å². The molecule has 7 heteroatoms. The molecule has 0 radical (unpaired) electrons. The number of methoxy groups -OCH3 is 1. The van der Waals surface area contributed by atoms with Crippen LogP contribution in [0.25, 0.3) is 11.3 Å². The molecule has 1 aromatic heterocycles. The lowest BCUT2D eigenvalue weighted by molar-refractivity contribution is -0.133. The van der Waals surface area contributed by atoms with Crippen molar-refractivity contribution in [2.75, 3.05) is 13.7 Å². The molecule has 192 valence electrons. The van der Waals surface area contributed by atoms with Crippen molar-refractivity contribution in [3.8, 4) is 17.0 Å². The Labute approximate surface area is 218 Å². The van der Waals surface area contributed by atoms with E-state index in [0.717, 1.165) is 41.8 Å². The molecule has 0 unspecified atom stereocenters. The van der Waals surface area contributed by atoms with Crippen molar-refractivity contribution in [3.63, 3.8) is 0 Å². The van der Waals surface area contributed by atoms with E-state index in [1.54, 1.807) is 16.7 Å². The third kappa shape index (κ3) is 5.03. The van der Waals surface area contributed by atoms with Crippen LogP contribution in [0.1, 0.15) is 55.1 Å². The fourth-order valence-corrected chi connectivity index (χ4v) is 5.34. The van der Waals surface area contributed by atoms with Gasteiger partial charge in [-0.25, -0.2) is 0 Å². The van der Waals surface area contributed by atoms with Crippen LogP contribution in [-0.4, -0.2) is 45.7 Å². The molecule has 2 heterocycles. The van der Waals surface area contributed by atoms with E-state index in [0.29, 0.717) is 18.8 Å². The Morgan fingerprint density at radius 3 is 2.65 bits per heavy atom. The molecule has 0 bridgehead atoms. The van der Waals surface area contributed by atoms with E-state index in [-0.39, 0.29) is 18.4 Å². The molecule has 2 aromatic carbocycles. The highest BCUT2D eigenvalue weighted by atomic mass is 16.5. The Bertz CT molecular complexity index is 1310. The largest absolute Gasteiger partial charge is 0.496 e. The molecule has 3 aromatic rings. The first-order chi connectivity index (χ1) is 18.0. The average molecular weight is 499 g/mol. The number of carbonyl (C=O) groups is 2. The number of para-hydroxylation sites is 1. The number of nitrogens with one attached hydrogen (secondary N) is 1. The van der Waals surface area contributed by atoms with Gasteiger partial charge in [0.2, 0.25) is 5.91 Å². The molecule has 0 saturated heterocycles. The smallest absolute Gasteiger partial charge is 0.273 e. The Hall–Kier alpha value is -3.87. The predicted octanol–water partition coefficient (Wildman–Crippen LogP) is 4.98. The summed E-state index contributed by atoms with van der Waals surface area (Å²) in [5, 5.41) is 7.81. The number of fused-ring (bicyclic) bond motifs is 1. The van der Waals surface area contributed by atoms with Gasteiger partial charge in [-0.15, -0.1) is 0 Å². The van der Waals surface area contributed by atoms with Gasteiger partial charge in [-0.05, 0) is 51.2 Å². The third-order valence-corrected chi connectivity index (χ3v) is 7.53. The van der Waals surface area contributed by atoms with Gasteiger partial charge in [-0.1, -0.05) is 60.2 Å². The van der Waals surface area contributed by atoms with Crippen LogP contribution in [0.2, 0.25) is 0 Å². The Kier molecular flexibility index (Phi) is 7.12. The zero-order valence-electron chi connectivity index (χ0n) is 21.6. The van der Waals surface area contributed by atoms with E-state index < -0.39 is 5.54 Å². The molecule has 0 fully saturated rings. The van der Waals surface area contributed by atoms with Gasteiger partial charge in [-0.3, -0.25) is 14.3 Å². The van der Waals surface area contributed by atoms with Crippen molar-refractivity contribution in [2.45, 2.75) is 57.7 Å². The minimum atomic E-state index is -1.08. The average Bonchev–Trinajstić information content (AvgIpc) is 3.36. The number of aromatic nitrogens is 2. The molecule has 1 N–H and O–H groups in total. The van der Waals surface area contributed by atoms with E-state index in [2.05, 4.69) is 11.4 Å². The van der Waals surface area contributed by atoms with E-state index in [9.17, 15) is 9.59 Å². The maximum atomic E-state index is 13.9. The number of hydrogen-bond donors (Lipinski definition) is 1. The number of carbonyl (C=O) groups excluding carboxylic acids is 2. The van der Waals surface area contributed by atoms with Crippen molar-refractivity contribution in [3.05, 3.63) is 83.6 Å². The standard InChI is InChI=1S/C30H34N4O3/c1-30(29(36)31-20-24-15-9-10-16-27(24)37-2)21-34-26(19-25(32-34)23-13-7-4-8-14-23)28(35)33(30)18-17-22-11-5-3-6-12-22/h4,7-11,13-16,19H,3,5-6,12,17-18,20-21H2,1-2H3,(H,31,36)/t30-/m1/s1. The number of allylic oxidation sites excluding steroid dienone is 1. The van der Waals surface area contributed by atoms with Crippen molar-refractivity contribution >= 4 is 11.8 Å². The molecule has 1 aliphatic heterocycles. The molecule has 5 rings (SSSR count). The van der Waals surface area contributed by atoms with E-state index in [1.165, 1.54) is 18.4 Å². The van der Waals surface area contributed by atoms with Gasteiger partial charge >= 0.3 is 0 Å². The normalized spacial score (nSPS) is 19.2. The molecule has 0 saturated carbocycles. The Balaban J connectivity index is 1.44. The number of benzene rings is 2. The van der Waals surface area contributed by atoms with Gasteiger partial charge in [0.05, 0.1) is 19.3 Å².